The highest BCUT2D eigenvalue weighted by molar-refractivity contribution is 9.10. The Morgan fingerprint density at radius 1 is 1.27 bits per heavy atom. The number of para-hydroxylation sites is 1. The average molecular weight is 264 g/mol. The van der Waals surface area contributed by atoms with E-state index in [9.17, 15) is 0 Å². The second kappa shape index (κ2) is 3.93. The summed E-state index contributed by atoms with van der Waals surface area (Å²) in [6, 6.07) is 6.35. The second-order valence-corrected chi connectivity index (χ2v) is 5.00. The molecule has 78 valence electrons. The molecule has 0 unspecified atom stereocenters. The van der Waals surface area contributed by atoms with Gasteiger partial charge in [0.25, 0.3) is 0 Å². The van der Waals surface area contributed by atoms with E-state index < -0.39 is 0 Å². The van der Waals surface area contributed by atoms with Gasteiger partial charge in [0, 0.05) is 16.1 Å². The molecule has 0 aliphatic rings. The van der Waals surface area contributed by atoms with Crippen molar-refractivity contribution >= 4 is 26.8 Å². The lowest BCUT2D eigenvalue weighted by Crippen LogP contribution is -1.94. The van der Waals surface area contributed by atoms with Gasteiger partial charge in [0.15, 0.2) is 0 Å². The zero-order valence-electron chi connectivity index (χ0n) is 9.21. The van der Waals surface area contributed by atoms with Crippen molar-refractivity contribution in [3.05, 3.63) is 40.0 Å². The van der Waals surface area contributed by atoms with Crippen LogP contribution in [-0.4, -0.2) is 4.98 Å². The highest BCUT2D eigenvalue weighted by Crippen LogP contribution is 2.31. The van der Waals surface area contributed by atoms with Gasteiger partial charge in [-0.05, 0) is 39.9 Å². The number of hydrogen-bond acceptors (Lipinski definition) is 1. The van der Waals surface area contributed by atoms with Crippen LogP contribution in [0.4, 0.5) is 0 Å². The van der Waals surface area contributed by atoms with Crippen LogP contribution in [0, 0.1) is 6.92 Å². The van der Waals surface area contributed by atoms with Crippen molar-refractivity contribution in [2.75, 3.05) is 0 Å². The molecule has 0 saturated heterocycles. The summed E-state index contributed by atoms with van der Waals surface area (Å²) in [4.78, 5) is 4.48. The van der Waals surface area contributed by atoms with Gasteiger partial charge < -0.3 is 0 Å². The Bertz CT molecular complexity index is 503. The third-order valence-corrected chi connectivity index (χ3v) is 3.30. The van der Waals surface area contributed by atoms with E-state index in [1.165, 1.54) is 16.5 Å². The van der Waals surface area contributed by atoms with Crippen LogP contribution in [0.1, 0.15) is 30.9 Å². The molecule has 0 atom stereocenters. The predicted molar refractivity (Wildman–Crippen MR) is 68.3 cm³/mol. The molecule has 0 fully saturated rings. The summed E-state index contributed by atoms with van der Waals surface area (Å²) in [6.45, 7) is 6.52. The molecule has 2 rings (SSSR count). The summed E-state index contributed by atoms with van der Waals surface area (Å²) in [6.07, 6.45) is 1.91. The largest absolute Gasteiger partial charge is 0.255 e. The van der Waals surface area contributed by atoms with Gasteiger partial charge in [-0.3, -0.25) is 4.98 Å². The van der Waals surface area contributed by atoms with Gasteiger partial charge in [-0.2, -0.15) is 0 Å². The molecule has 0 amide bonds. The van der Waals surface area contributed by atoms with E-state index >= 15 is 0 Å². The molecule has 0 radical (unpaired) electrons. The number of benzene rings is 1. The minimum Gasteiger partial charge on any atom is -0.255 e. The molecule has 1 heterocycles. The smallest absolute Gasteiger partial charge is 0.0734 e. The lowest BCUT2D eigenvalue weighted by Gasteiger charge is -2.12. The molecular formula is C13H14BrN. The maximum atomic E-state index is 4.48. The van der Waals surface area contributed by atoms with Gasteiger partial charge in [0.1, 0.15) is 0 Å². The van der Waals surface area contributed by atoms with E-state index in [-0.39, 0.29) is 0 Å². The average Bonchev–Trinajstić information content (AvgIpc) is 2.17. The Morgan fingerprint density at radius 2 is 2.00 bits per heavy atom. The summed E-state index contributed by atoms with van der Waals surface area (Å²) in [5, 5.41) is 1.26. The molecular weight excluding hydrogens is 250 g/mol. The molecule has 0 saturated carbocycles. The number of pyridine rings is 1. The van der Waals surface area contributed by atoms with Gasteiger partial charge >= 0.3 is 0 Å². The highest BCUT2D eigenvalue weighted by atomic mass is 79.9. The standard InChI is InChI=1S/C13H14BrN/c1-8(2)12-10-6-4-5-9(3)13(10)15-7-11(12)14/h4-8H,1-3H3. The monoisotopic (exact) mass is 263 g/mol. The quantitative estimate of drug-likeness (QED) is 0.742. The van der Waals surface area contributed by atoms with Gasteiger partial charge in [-0.25, -0.2) is 0 Å². The number of halogens is 1. The lowest BCUT2D eigenvalue weighted by molar-refractivity contribution is 0.868. The molecule has 2 aromatic rings. The molecule has 15 heavy (non-hydrogen) atoms. The topological polar surface area (TPSA) is 12.9 Å². The molecule has 2 heteroatoms. The van der Waals surface area contributed by atoms with E-state index in [4.69, 9.17) is 0 Å². The summed E-state index contributed by atoms with van der Waals surface area (Å²) < 4.78 is 1.11. The van der Waals surface area contributed by atoms with Gasteiger partial charge in [0.2, 0.25) is 0 Å². The Hall–Kier alpha value is -0.890. The summed E-state index contributed by atoms with van der Waals surface area (Å²) in [5.74, 6) is 0.506. The molecule has 1 aromatic heterocycles. The summed E-state index contributed by atoms with van der Waals surface area (Å²) in [7, 11) is 0. The maximum absolute atomic E-state index is 4.48. The van der Waals surface area contributed by atoms with Gasteiger partial charge in [-0.15, -0.1) is 0 Å². The number of aromatic nitrogens is 1. The third kappa shape index (κ3) is 1.78. The highest BCUT2D eigenvalue weighted by Gasteiger charge is 2.11. The number of rotatable bonds is 1. The number of nitrogens with zero attached hydrogens (tertiary/aromatic N) is 1. The van der Waals surface area contributed by atoms with Crippen molar-refractivity contribution in [2.45, 2.75) is 26.7 Å². The van der Waals surface area contributed by atoms with E-state index in [1.54, 1.807) is 0 Å². The van der Waals surface area contributed by atoms with Gasteiger partial charge in [-0.1, -0.05) is 32.0 Å². The Kier molecular flexibility index (Phi) is 2.79. The van der Waals surface area contributed by atoms with Crippen molar-refractivity contribution < 1.29 is 0 Å². The molecule has 0 bridgehead atoms. The Balaban J connectivity index is 2.88. The molecule has 1 aromatic carbocycles. The maximum Gasteiger partial charge on any atom is 0.0734 e. The fraction of sp³-hybridized carbons (Fsp3) is 0.308. The molecule has 0 spiro atoms. The van der Waals surface area contributed by atoms with Crippen LogP contribution < -0.4 is 0 Å². The zero-order chi connectivity index (χ0) is 11.0. The minimum absolute atomic E-state index is 0.506. The van der Waals surface area contributed by atoms with Crippen LogP contribution in [0.3, 0.4) is 0 Å². The Morgan fingerprint density at radius 3 is 2.67 bits per heavy atom. The van der Waals surface area contributed by atoms with Crippen LogP contribution in [0.25, 0.3) is 10.9 Å². The normalized spacial score (nSPS) is 11.3. The van der Waals surface area contributed by atoms with Crippen LogP contribution >= 0.6 is 15.9 Å². The summed E-state index contributed by atoms with van der Waals surface area (Å²) >= 11 is 3.58. The van der Waals surface area contributed by atoms with Crippen LogP contribution in [0.5, 0.6) is 0 Å². The predicted octanol–water partition coefficient (Wildman–Crippen LogP) is 4.43. The number of fused-ring (bicyclic) bond motifs is 1. The van der Waals surface area contributed by atoms with E-state index in [0.717, 1.165) is 9.99 Å². The fourth-order valence-corrected chi connectivity index (χ4v) is 2.73. The van der Waals surface area contributed by atoms with Crippen LogP contribution in [0.15, 0.2) is 28.9 Å². The van der Waals surface area contributed by atoms with Crippen LogP contribution in [-0.2, 0) is 0 Å². The van der Waals surface area contributed by atoms with Crippen molar-refractivity contribution in [3.8, 4) is 0 Å². The van der Waals surface area contributed by atoms with E-state index in [2.05, 4.69) is 59.9 Å². The fourth-order valence-electron chi connectivity index (χ4n) is 1.95. The zero-order valence-corrected chi connectivity index (χ0v) is 10.8. The van der Waals surface area contributed by atoms with Crippen LogP contribution in [0.2, 0.25) is 0 Å². The minimum atomic E-state index is 0.506. The number of hydrogen-bond donors (Lipinski definition) is 0. The van der Waals surface area contributed by atoms with Gasteiger partial charge in [0.05, 0.1) is 5.52 Å². The lowest BCUT2D eigenvalue weighted by atomic mass is 9.98. The first-order valence-corrected chi connectivity index (χ1v) is 5.94. The van der Waals surface area contributed by atoms with E-state index in [0.29, 0.717) is 5.92 Å². The van der Waals surface area contributed by atoms with Crippen molar-refractivity contribution in [2.24, 2.45) is 0 Å². The molecule has 0 aliphatic carbocycles. The third-order valence-electron chi connectivity index (χ3n) is 2.67. The number of aryl methyl sites for hydroxylation is 1. The first-order valence-electron chi connectivity index (χ1n) is 5.15. The second-order valence-electron chi connectivity index (χ2n) is 4.15. The SMILES string of the molecule is Cc1cccc2c(C(C)C)c(Br)cnc12. The molecule has 0 N–H and O–H groups in total. The Labute approximate surface area is 98.7 Å². The van der Waals surface area contributed by atoms with Crippen molar-refractivity contribution in [3.63, 3.8) is 0 Å². The molecule has 0 aliphatic heterocycles. The van der Waals surface area contributed by atoms with Crippen molar-refractivity contribution in [1.82, 2.24) is 4.98 Å². The first-order chi connectivity index (χ1) is 7.11. The molecule has 1 nitrogen and oxygen atoms in total. The summed E-state index contributed by atoms with van der Waals surface area (Å²) in [5.41, 5.74) is 3.70. The first kappa shape index (κ1) is 10.6. The van der Waals surface area contributed by atoms with E-state index in [1.807, 2.05) is 6.20 Å². The van der Waals surface area contributed by atoms with Crippen molar-refractivity contribution in [1.29, 1.82) is 0 Å².